The maximum absolute atomic E-state index is 5.29. The average molecular weight is 278 g/mol. The predicted molar refractivity (Wildman–Crippen MR) is 81.8 cm³/mol. The van der Waals surface area contributed by atoms with Crippen molar-refractivity contribution in [1.82, 2.24) is 15.5 Å². The number of likely N-dealkylation sites (tertiary alicyclic amines) is 1. The quantitative estimate of drug-likeness (QED) is 0.454. The van der Waals surface area contributed by atoms with Crippen molar-refractivity contribution in [2.75, 3.05) is 32.7 Å². The summed E-state index contributed by atoms with van der Waals surface area (Å²) in [4.78, 5) is 7.05. The van der Waals surface area contributed by atoms with Crippen LogP contribution in [0.15, 0.2) is 27.8 Å². The number of hydrogen-bond donors (Lipinski definition) is 2. The van der Waals surface area contributed by atoms with Crippen LogP contribution in [0.4, 0.5) is 0 Å². The van der Waals surface area contributed by atoms with E-state index in [-0.39, 0.29) is 0 Å². The molecule has 0 aromatic carbocycles. The fourth-order valence-corrected chi connectivity index (χ4v) is 2.42. The van der Waals surface area contributed by atoms with Crippen molar-refractivity contribution in [3.8, 4) is 0 Å². The van der Waals surface area contributed by atoms with Gasteiger partial charge in [0.1, 0.15) is 12.3 Å². The van der Waals surface area contributed by atoms with E-state index in [2.05, 4.69) is 27.4 Å². The molecule has 1 aliphatic rings. The van der Waals surface area contributed by atoms with Gasteiger partial charge in [-0.05, 0) is 58.0 Å². The highest BCUT2D eigenvalue weighted by atomic mass is 16.3. The monoisotopic (exact) mass is 278 g/mol. The van der Waals surface area contributed by atoms with Crippen LogP contribution in [0, 0.1) is 0 Å². The third-order valence-corrected chi connectivity index (χ3v) is 3.46. The first kappa shape index (κ1) is 14.9. The standard InChI is InChI=1S/C15H26N4O/c1-2-16-15(18-13-14-7-5-12-20-14)17-8-6-11-19-9-3-4-10-19/h5,7,12H,2-4,6,8-11,13H2,1H3,(H2,16,17,18). The van der Waals surface area contributed by atoms with Gasteiger partial charge >= 0.3 is 0 Å². The first-order valence-electron chi connectivity index (χ1n) is 7.65. The van der Waals surface area contributed by atoms with Gasteiger partial charge in [0.05, 0.1) is 6.26 Å². The van der Waals surface area contributed by atoms with E-state index in [0.29, 0.717) is 6.54 Å². The molecule has 1 aliphatic heterocycles. The largest absolute Gasteiger partial charge is 0.467 e. The van der Waals surface area contributed by atoms with Crippen molar-refractivity contribution >= 4 is 5.96 Å². The second-order valence-electron chi connectivity index (χ2n) is 5.10. The molecule has 0 bridgehead atoms. The third-order valence-electron chi connectivity index (χ3n) is 3.46. The van der Waals surface area contributed by atoms with Crippen LogP contribution in [0.1, 0.15) is 31.9 Å². The van der Waals surface area contributed by atoms with Gasteiger partial charge in [-0.2, -0.15) is 0 Å². The number of nitrogens with one attached hydrogen (secondary N) is 2. The van der Waals surface area contributed by atoms with Gasteiger partial charge in [-0.15, -0.1) is 0 Å². The number of furan rings is 1. The minimum Gasteiger partial charge on any atom is -0.467 e. The zero-order valence-corrected chi connectivity index (χ0v) is 12.4. The maximum Gasteiger partial charge on any atom is 0.191 e. The molecular weight excluding hydrogens is 252 g/mol. The van der Waals surface area contributed by atoms with Gasteiger partial charge in [-0.1, -0.05) is 0 Å². The Bertz CT molecular complexity index is 383. The van der Waals surface area contributed by atoms with Crippen molar-refractivity contribution in [2.24, 2.45) is 4.99 Å². The maximum atomic E-state index is 5.29. The Morgan fingerprint density at radius 1 is 1.35 bits per heavy atom. The molecule has 2 N–H and O–H groups in total. The van der Waals surface area contributed by atoms with Crippen LogP contribution in [-0.2, 0) is 6.54 Å². The van der Waals surface area contributed by atoms with Crippen LogP contribution in [0.5, 0.6) is 0 Å². The lowest BCUT2D eigenvalue weighted by Gasteiger charge is -2.15. The van der Waals surface area contributed by atoms with Crippen LogP contribution >= 0.6 is 0 Å². The highest BCUT2D eigenvalue weighted by Gasteiger charge is 2.10. The number of rotatable bonds is 7. The van der Waals surface area contributed by atoms with E-state index in [0.717, 1.165) is 31.2 Å². The minimum atomic E-state index is 0.578. The lowest BCUT2D eigenvalue weighted by Crippen LogP contribution is -2.38. The highest BCUT2D eigenvalue weighted by molar-refractivity contribution is 5.79. The molecule has 1 aromatic rings. The van der Waals surface area contributed by atoms with Crippen molar-refractivity contribution < 1.29 is 4.42 Å². The number of nitrogens with zero attached hydrogens (tertiary/aromatic N) is 2. The van der Waals surface area contributed by atoms with E-state index in [9.17, 15) is 0 Å². The number of guanidine groups is 1. The topological polar surface area (TPSA) is 52.8 Å². The molecular formula is C15H26N4O. The molecule has 0 atom stereocenters. The molecule has 20 heavy (non-hydrogen) atoms. The van der Waals surface area contributed by atoms with E-state index in [1.54, 1.807) is 6.26 Å². The molecule has 0 aliphatic carbocycles. The van der Waals surface area contributed by atoms with E-state index in [1.165, 1.54) is 32.5 Å². The zero-order valence-electron chi connectivity index (χ0n) is 12.4. The Kier molecular flexibility index (Phi) is 6.44. The fourth-order valence-electron chi connectivity index (χ4n) is 2.42. The fraction of sp³-hybridized carbons (Fsp3) is 0.667. The lowest BCUT2D eigenvalue weighted by molar-refractivity contribution is 0.334. The molecule has 5 heteroatoms. The van der Waals surface area contributed by atoms with E-state index < -0.39 is 0 Å². The van der Waals surface area contributed by atoms with Gasteiger partial charge in [0.2, 0.25) is 0 Å². The highest BCUT2D eigenvalue weighted by Crippen LogP contribution is 2.06. The summed E-state index contributed by atoms with van der Waals surface area (Å²) >= 11 is 0. The van der Waals surface area contributed by atoms with Gasteiger partial charge in [-0.3, -0.25) is 0 Å². The summed E-state index contributed by atoms with van der Waals surface area (Å²) in [5, 5.41) is 6.63. The Morgan fingerprint density at radius 3 is 2.90 bits per heavy atom. The van der Waals surface area contributed by atoms with Gasteiger partial charge in [0.25, 0.3) is 0 Å². The van der Waals surface area contributed by atoms with Gasteiger partial charge in [0, 0.05) is 13.1 Å². The van der Waals surface area contributed by atoms with Crippen LogP contribution in [-0.4, -0.2) is 43.6 Å². The molecule has 0 unspecified atom stereocenters. The van der Waals surface area contributed by atoms with Crippen LogP contribution in [0.3, 0.4) is 0 Å². The van der Waals surface area contributed by atoms with Gasteiger partial charge in [0.15, 0.2) is 5.96 Å². The van der Waals surface area contributed by atoms with Crippen molar-refractivity contribution in [3.63, 3.8) is 0 Å². The first-order chi connectivity index (χ1) is 9.88. The molecule has 1 aromatic heterocycles. The smallest absolute Gasteiger partial charge is 0.191 e. The molecule has 5 nitrogen and oxygen atoms in total. The molecule has 2 rings (SSSR count). The summed E-state index contributed by atoms with van der Waals surface area (Å²) in [5.41, 5.74) is 0. The Labute approximate surface area is 121 Å². The van der Waals surface area contributed by atoms with E-state index in [4.69, 9.17) is 4.42 Å². The summed E-state index contributed by atoms with van der Waals surface area (Å²) in [6.07, 6.45) is 5.56. The number of aliphatic imine (C=N–C) groups is 1. The first-order valence-corrected chi connectivity index (χ1v) is 7.65. The second kappa shape index (κ2) is 8.64. The average Bonchev–Trinajstić information content (AvgIpc) is 3.13. The molecule has 0 saturated carbocycles. The third kappa shape index (κ3) is 5.25. The van der Waals surface area contributed by atoms with Gasteiger partial charge < -0.3 is 20.0 Å². The molecule has 112 valence electrons. The zero-order chi connectivity index (χ0) is 14.0. The summed E-state index contributed by atoms with van der Waals surface area (Å²) in [5.74, 6) is 1.75. The van der Waals surface area contributed by atoms with Gasteiger partial charge in [-0.25, -0.2) is 4.99 Å². The van der Waals surface area contributed by atoms with Crippen molar-refractivity contribution in [3.05, 3.63) is 24.2 Å². The summed E-state index contributed by atoms with van der Waals surface area (Å²) < 4.78 is 5.29. The molecule has 2 heterocycles. The summed E-state index contributed by atoms with van der Waals surface area (Å²) in [6, 6.07) is 3.84. The summed E-state index contributed by atoms with van der Waals surface area (Å²) in [7, 11) is 0. The molecule has 1 saturated heterocycles. The van der Waals surface area contributed by atoms with E-state index in [1.807, 2.05) is 12.1 Å². The van der Waals surface area contributed by atoms with Crippen molar-refractivity contribution in [1.29, 1.82) is 0 Å². The predicted octanol–water partition coefficient (Wildman–Crippen LogP) is 1.82. The Hall–Kier alpha value is -1.49. The lowest BCUT2D eigenvalue weighted by atomic mass is 10.4. The molecule has 1 fully saturated rings. The van der Waals surface area contributed by atoms with E-state index >= 15 is 0 Å². The van der Waals surface area contributed by atoms with Crippen LogP contribution in [0.2, 0.25) is 0 Å². The molecule has 0 amide bonds. The van der Waals surface area contributed by atoms with Crippen LogP contribution < -0.4 is 10.6 Å². The number of hydrogen-bond acceptors (Lipinski definition) is 3. The SMILES string of the molecule is CCNC(=NCc1ccco1)NCCCN1CCCC1. The molecule has 0 spiro atoms. The molecule has 0 radical (unpaired) electrons. The Morgan fingerprint density at radius 2 is 2.20 bits per heavy atom. The Balaban J connectivity index is 1.66. The second-order valence-corrected chi connectivity index (χ2v) is 5.10. The summed E-state index contributed by atoms with van der Waals surface area (Å²) in [6.45, 7) is 8.21. The van der Waals surface area contributed by atoms with Crippen LogP contribution in [0.25, 0.3) is 0 Å². The normalized spacial score (nSPS) is 16.6. The van der Waals surface area contributed by atoms with Crippen molar-refractivity contribution in [2.45, 2.75) is 32.7 Å². The minimum absolute atomic E-state index is 0.578.